The maximum atomic E-state index is 12.5. The molecule has 2 amide bonds. The Kier molecular flexibility index (Phi) is 7.54. The zero-order valence-corrected chi connectivity index (χ0v) is 17.5. The Labute approximate surface area is 167 Å². The van der Waals surface area contributed by atoms with E-state index in [9.17, 15) is 9.59 Å². The molecule has 0 saturated carbocycles. The van der Waals surface area contributed by atoms with Crippen LogP contribution >= 0.6 is 0 Å². The lowest BCUT2D eigenvalue weighted by atomic mass is 9.97. The molecule has 0 aliphatic carbocycles. The lowest BCUT2D eigenvalue weighted by Crippen LogP contribution is -2.47. The molecule has 1 aromatic rings. The molecule has 0 aromatic heterocycles. The number of benzene rings is 1. The van der Waals surface area contributed by atoms with Crippen molar-refractivity contribution in [3.05, 3.63) is 23.8 Å². The smallest absolute Gasteiger partial charge is 0.410 e. The van der Waals surface area contributed by atoms with Gasteiger partial charge in [-0.3, -0.25) is 4.79 Å². The summed E-state index contributed by atoms with van der Waals surface area (Å²) in [4.78, 5) is 26.4. The van der Waals surface area contributed by atoms with Crippen LogP contribution in [0, 0.1) is 5.92 Å². The lowest BCUT2D eigenvalue weighted by Gasteiger charge is -2.33. The minimum absolute atomic E-state index is 0.0197. The highest BCUT2D eigenvalue weighted by Gasteiger charge is 2.30. The normalized spacial score (nSPS) is 17.0. The summed E-state index contributed by atoms with van der Waals surface area (Å²) in [7, 11) is 3.20. The summed E-state index contributed by atoms with van der Waals surface area (Å²) in [5.74, 6) is 1.13. The first-order valence-corrected chi connectivity index (χ1v) is 9.70. The second-order valence-electron chi connectivity index (χ2n) is 8.00. The summed E-state index contributed by atoms with van der Waals surface area (Å²) in [6, 6.07) is 5.73. The van der Waals surface area contributed by atoms with Crippen LogP contribution in [0.2, 0.25) is 0 Å². The molecule has 1 heterocycles. The van der Waals surface area contributed by atoms with Gasteiger partial charge in [-0.25, -0.2) is 4.79 Å². The number of piperidine rings is 1. The van der Waals surface area contributed by atoms with Gasteiger partial charge in [0.05, 0.1) is 20.1 Å². The van der Waals surface area contributed by atoms with Crippen LogP contribution in [0.1, 0.15) is 39.2 Å². The number of methoxy groups -OCH3 is 2. The van der Waals surface area contributed by atoms with Crippen molar-refractivity contribution in [2.24, 2.45) is 5.92 Å². The predicted octanol–water partition coefficient (Wildman–Crippen LogP) is 3.01. The average molecular weight is 392 g/mol. The predicted molar refractivity (Wildman–Crippen MR) is 107 cm³/mol. The number of hydrogen-bond donors (Lipinski definition) is 1. The Morgan fingerprint density at radius 3 is 2.54 bits per heavy atom. The number of amides is 2. The Morgan fingerprint density at radius 2 is 1.89 bits per heavy atom. The third kappa shape index (κ3) is 6.32. The number of hydrogen-bond acceptors (Lipinski definition) is 5. The highest BCUT2D eigenvalue weighted by molar-refractivity contribution is 5.80. The maximum absolute atomic E-state index is 12.5. The van der Waals surface area contributed by atoms with Gasteiger partial charge >= 0.3 is 6.09 Å². The molecule has 1 N–H and O–H groups in total. The van der Waals surface area contributed by atoms with Crippen molar-refractivity contribution in [2.75, 3.05) is 33.9 Å². The fourth-order valence-corrected chi connectivity index (χ4v) is 3.19. The number of carbonyl (C=O) groups excluding carboxylic acids is 2. The van der Waals surface area contributed by atoms with E-state index in [0.717, 1.165) is 18.4 Å². The number of rotatable bonds is 6. The second kappa shape index (κ2) is 9.66. The van der Waals surface area contributed by atoms with Gasteiger partial charge in [0.25, 0.3) is 0 Å². The summed E-state index contributed by atoms with van der Waals surface area (Å²) < 4.78 is 16.0. The van der Waals surface area contributed by atoms with Gasteiger partial charge in [0, 0.05) is 19.6 Å². The molecule has 0 spiro atoms. The standard InChI is InChI=1S/C21H32N2O5/c1-21(2,3)28-20(25)23-12-6-7-16(14-23)19(24)22-11-10-15-8-9-17(26-4)18(13-15)27-5/h8-9,13,16H,6-7,10-12,14H2,1-5H3,(H,22,24). The fraction of sp³-hybridized carbons (Fsp3) is 0.619. The van der Waals surface area contributed by atoms with Gasteiger partial charge in [0.15, 0.2) is 11.5 Å². The monoisotopic (exact) mass is 392 g/mol. The Morgan fingerprint density at radius 1 is 1.18 bits per heavy atom. The Balaban J connectivity index is 1.83. The van der Waals surface area contributed by atoms with E-state index in [1.54, 1.807) is 19.1 Å². The first-order valence-electron chi connectivity index (χ1n) is 9.70. The molecular weight excluding hydrogens is 360 g/mol. The van der Waals surface area contributed by atoms with E-state index in [0.29, 0.717) is 37.6 Å². The number of ether oxygens (including phenoxy) is 3. The summed E-state index contributed by atoms with van der Waals surface area (Å²) in [6.45, 7) is 7.08. The van der Waals surface area contributed by atoms with Crippen LogP contribution in [0.15, 0.2) is 18.2 Å². The molecule has 2 rings (SSSR count). The van der Waals surface area contributed by atoms with Gasteiger partial charge < -0.3 is 24.4 Å². The van der Waals surface area contributed by atoms with Crippen LogP contribution in [-0.2, 0) is 16.0 Å². The molecular formula is C21H32N2O5. The molecule has 1 unspecified atom stereocenters. The minimum atomic E-state index is -0.536. The third-order valence-electron chi connectivity index (χ3n) is 4.60. The van der Waals surface area contributed by atoms with Crippen LogP contribution in [0.25, 0.3) is 0 Å². The topological polar surface area (TPSA) is 77.1 Å². The summed E-state index contributed by atoms with van der Waals surface area (Å²) in [6.07, 6.45) is 1.92. The number of carbonyl (C=O) groups is 2. The molecule has 7 heteroatoms. The molecule has 156 valence electrons. The number of likely N-dealkylation sites (tertiary alicyclic amines) is 1. The van der Waals surface area contributed by atoms with E-state index in [-0.39, 0.29) is 17.9 Å². The largest absolute Gasteiger partial charge is 0.493 e. The van der Waals surface area contributed by atoms with Gasteiger partial charge in [0.1, 0.15) is 5.60 Å². The highest BCUT2D eigenvalue weighted by Crippen LogP contribution is 2.27. The first kappa shape index (κ1) is 21.9. The van der Waals surface area contributed by atoms with Crippen molar-refractivity contribution in [2.45, 2.75) is 45.6 Å². The van der Waals surface area contributed by atoms with E-state index in [1.807, 2.05) is 39.0 Å². The molecule has 1 saturated heterocycles. The summed E-state index contributed by atoms with van der Waals surface area (Å²) in [5.41, 5.74) is 0.517. The molecule has 0 radical (unpaired) electrons. The van der Waals surface area contributed by atoms with Crippen LogP contribution in [0.5, 0.6) is 11.5 Å². The van der Waals surface area contributed by atoms with E-state index in [4.69, 9.17) is 14.2 Å². The number of nitrogens with one attached hydrogen (secondary N) is 1. The minimum Gasteiger partial charge on any atom is -0.493 e. The van der Waals surface area contributed by atoms with Gasteiger partial charge in [-0.15, -0.1) is 0 Å². The van der Waals surface area contributed by atoms with E-state index in [2.05, 4.69) is 5.32 Å². The molecule has 28 heavy (non-hydrogen) atoms. The van der Waals surface area contributed by atoms with Gasteiger partial charge in [-0.05, 0) is 57.7 Å². The second-order valence-corrected chi connectivity index (χ2v) is 8.00. The fourth-order valence-electron chi connectivity index (χ4n) is 3.19. The van der Waals surface area contributed by atoms with E-state index >= 15 is 0 Å². The van der Waals surface area contributed by atoms with Crippen molar-refractivity contribution < 1.29 is 23.8 Å². The average Bonchev–Trinajstić information content (AvgIpc) is 2.66. The molecule has 1 aromatic carbocycles. The van der Waals surface area contributed by atoms with Gasteiger partial charge in [0.2, 0.25) is 5.91 Å². The lowest BCUT2D eigenvalue weighted by molar-refractivity contribution is -0.126. The summed E-state index contributed by atoms with van der Waals surface area (Å²) >= 11 is 0. The van der Waals surface area contributed by atoms with E-state index in [1.165, 1.54) is 0 Å². The van der Waals surface area contributed by atoms with Crippen LogP contribution in [0.3, 0.4) is 0 Å². The SMILES string of the molecule is COc1ccc(CCNC(=O)C2CCCN(C(=O)OC(C)(C)C)C2)cc1OC. The van der Waals surface area contributed by atoms with Crippen LogP contribution in [0.4, 0.5) is 4.79 Å². The third-order valence-corrected chi connectivity index (χ3v) is 4.60. The summed E-state index contributed by atoms with van der Waals surface area (Å²) in [5, 5.41) is 2.98. The quantitative estimate of drug-likeness (QED) is 0.805. The molecule has 7 nitrogen and oxygen atoms in total. The van der Waals surface area contributed by atoms with Crippen molar-refractivity contribution in [3.63, 3.8) is 0 Å². The molecule has 0 bridgehead atoms. The Hall–Kier alpha value is -2.44. The molecule has 1 aliphatic rings. The van der Waals surface area contributed by atoms with Crippen molar-refractivity contribution in [1.29, 1.82) is 0 Å². The van der Waals surface area contributed by atoms with Crippen LogP contribution in [-0.4, -0.2) is 56.4 Å². The zero-order valence-electron chi connectivity index (χ0n) is 17.5. The first-order chi connectivity index (χ1) is 13.2. The molecule has 1 fully saturated rings. The van der Waals surface area contributed by atoms with Crippen molar-refractivity contribution >= 4 is 12.0 Å². The Bertz CT molecular complexity index is 684. The van der Waals surface area contributed by atoms with Crippen molar-refractivity contribution in [3.8, 4) is 11.5 Å². The van der Waals surface area contributed by atoms with Gasteiger partial charge in [-0.1, -0.05) is 6.07 Å². The zero-order chi connectivity index (χ0) is 20.7. The maximum Gasteiger partial charge on any atom is 0.410 e. The number of nitrogens with zero attached hydrogens (tertiary/aromatic N) is 1. The van der Waals surface area contributed by atoms with E-state index < -0.39 is 5.60 Å². The molecule has 1 atom stereocenters. The highest BCUT2D eigenvalue weighted by atomic mass is 16.6. The van der Waals surface area contributed by atoms with Crippen LogP contribution < -0.4 is 14.8 Å². The molecule has 1 aliphatic heterocycles. The van der Waals surface area contributed by atoms with Gasteiger partial charge in [-0.2, -0.15) is 0 Å². The van der Waals surface area contributed by atoms with Crippen molar-refractivity contribution in [1.82, 2.24) is 10.2 Å².